The maximum absolute atomic E-state index is 11.7. The molecule has 0 aromatic heterocycles. The van der Waals surface area contributed by atoms with Crippen molar-refractivity contribution in [3.63, 3.8) is 0 Å². The van der Waals surface area contributed by atoms with E-state index in [9.17, 15) is 4.79 Å². The predicted molar refractivity (Wildman–Crippen MR) is 75.2 cm³/mol. The number of nitrogens with one attached hydrogen (secondary N) is 1. The van der Waals surface area contributed by atoms with E-state index in [1.807, 2.05) is 42.5 Å². The maximum atomic E-state index is 11.7. The smallest absolute Gasteiger partial charge is 0.253 e. The van der Waals surface area contributed by atoms with Gasteiger partial charge < -0.3 is 10.1 Å². The van der Waals surface area contributed by atoms with Crippen LogP contribution >= 0.6 is 0 Å². The van der Waals surface area contributed by atoms with Crippen molar-refractivity contribution in [2.24, 2.45) is 0 Å². The fourth-order valence-corrected chi connectivity index (χ4v) is 1.70. The molecule has 0 radical (unpaired) electrons. The van der Waals surface area contributed by atoms with Crippen LogP contribution in [0.25, 0.3) is 0 Å². The lowest BCUT2D eigenvalue weighted by Gasteiger charge is -2.08. The van der Waals surface area contributed by atoms with E-state index in [1.54, 1.807) is 12.1 Å². The van der Waals surface area contributed by atoms with Gasteiger partial charge in [0.25, 0.3) is 5.91 Å². The Morgan fingerprint density at radius 3 is 2.37 bits per heavy atom. The largest absolute Gasteiger partial charge is 0.473 e. The van der Waals surface area contributed by atoms with E-state index >= 15 is 0 Å². The van der Waals surface area contributed by atoms with Crippen molar-refractivity contribution in [2.45, 2.75) is 13.3 Å². The number of carbonyl (C=O) groups excluding carboxylic acids is 1. The minimum absolute atomic E-state index is 0.134. The third-order valence-corrected chi connectivity index (χ3v) is 2.84. The lowest BCUT2D eigenvalue weighted by Crippen LogP contribution is -2.27. The zero-order valence-corrected chi connectivity index (χ0v) is 10.9. The summed E-state index contributed by atoms with van der Waals surface area (Å²) >= 11 is 0. The van der Waals surface area contributed by atoms with Crippen molar-refractivity contribution in [2.75, 3.05) is 6.73 Å². The summed E-state index contributed by atoms with van der Waals surface area (Å²) in [6.07, 6.45) is 1.00. The summed E-state index contributed by atoms with van der Waals surface area (Å²) in [6, 6.07) is 16.9. The van der Waals surface area contributed by atoms with Gasteiger partial charge in [-0.2, -0.15) is 0 Å². The van der Waals surface area contributed by atoms with Gasteiger partial charge in [0.15, 0.2) is 6.73 Å². The van der Waals surface area contributed by atoms with Gasteiger partial charge in [0.1, 0.15) is 5.75 Å². The van der Waals surface area contributed by atoms with Crippen LogP contribution in [0.15, 0.2) is 54.6 Å². The summed E-state index contributed by atoms with van der Waals surface area (Å²) in [5.74, 6) is 0.622. The van der Waals surface area contributed by atoms with Gasteiger partial charge in [-0.3, -0.25) is 4.79 Å². The number of hydrogen-bond acceptors (Lipinski definition) is 2. The standard InChI is InChI=1S/C16H17NO2/c1-2-13-8-10-15(11-9-13)19-12-17-16(18)14-6-4-3-5-7-14/h3-11H,2,12H2,1H3,(H,17,18). The molecule has 19 heavy (non-hydrogen) atoms. The van der Waals surface area contributed by atoms with E-state index in [4.69, 9.17) is 4.74 Å². The fourth-order valence-electron chi connectivity index (χ4n) is 1.70. The molecule has 0 spiro atoms. The van der Waals surface area contributed by atoms with E-state index in [2.05, 4.69) is 12.2 Å². The molecule has 3 nitrogen and oxygen atoms in total. The highest BCUT2D eigenvalue weighted by molar-refractivity contribution is 5.93. The molecular formula is C16H17NO2. The van der Waals surface area contributed by atoms with E-state index in [0.29, 0.717) is 5.56 Å². The molecule has 0 saturated heterocycles. The number of aryl methyl sites for hydroxylation is 1. The average Bonchev–Trinajstić information content (AvgIpc) is 2.49. The van der Waals surface area contributed by atoms with Crippen LogP contribution in [0.3, 0.4) is 0 Å². The van der Waals surface area contributed by atoms with Crippen LogP contribution in [-0.2, 0) is 6.42 Å². The van der Waals surface area contributed by atoms with Gasteiger partial charge in [-0.05, 0) is 36.2 Å². The van der Waals surface area contributed by atoms with Crippen LogP contribution in [0.2, 0.25) is 0 Å². The Balaban J connectivity index is 1.81. The van der Waals surface area contributed by atoms with Gasteiger partial charge in [-0.1, -0.05) is 37.3 Å². The third-order valence-electron chi connectivity index (χ3n) is 2.84. The maximum Gasteiger partial charge on any atom is 0.253 e. The molecule has 0 aliphatic carbocycles. The second-order valence-corrected chi connectivity index (χ2v) is 4.16. The molecule has 3 heteroatoms. The van der Waals surface area contributed by atoms with Crippen molar-refractivity contribution in [1.82, 2.24) is 5.32 Å². The van der Waals surface area contributed by atoms with E-state index < -0.39 is 0 Å². The molecule has 2 aromatic carbocycles. The van der Waals surface area contributed by atoms with Crippen LogP contribution in [-0.4, -0.2) is 12.6 Å². The van der Waals surface area contributed by atoms with Crippen LogP contribution in [0.4, 0.5) is 0 Å². The molecule has 0 aliphatic heterocycles. The number of hydrogen-bond donors (Lipinski definition) is 1. The Bertz CT molecular complexity index is 520. The van der Waals surface area contributed by atoms with Crippen LogP contribution in [0.5, 0.6) is 5.75 Å². The molecule has 2 aromatic rings. The number of amides is 1. The summed E-state index contributed by atoms with van der Waals surface area (Å²) in [4.78, 5) is 11.7. The molecule has 0 unspecified atom stereocenters. The molecule has 98 valence electrons. The summed E-state index contributed by atoms with van der Waals surface area (Å²) in [7, 11) is 0. The number of ether oxygens (including phenoxy) is 1. The summed E-state index contributed by atoms with van der Waals surface area (Å²) in [6.45, 7) is 2.27. The minimum Gasteiger partial charge on any atom is -0.473 e. The van der Waals surface area contributed by atoms with Gasteiger partial charge in [0.05, 0.1) is 0 Å². The van der Waals surface area contributed by atoms with Gasteiger partial charge in [0.2, 0.25) is 0 Å². The molecule has 1 N–H and O–H groups in total. The first-order valence-corrected chi connectivity index (χ1v) is 6.34. The average molecular weight is 255 g/mol. The summed E-state index contributed by atoms with van der Waals surface area (Å²) in [5.41, 5.74) is 1.90. The van der Waals surface area contributed by atoms with Crippen LogP contribution in [0.1, 0.15) is 22.8 Å². The number of benzene rings is 2. The van der Waals surface area contributed by atoms with Gasteiger partial charge >= 0.3 is 0 Å². The SMILES string of the molecule is CCc1ccc(OCNC(=O)c2ccccc2)cc1. The Hall–Kier alpha value is -2.29. The van der Waals surface area contributed by atoms with Crippen molar-refractivity contribution < 1.29 is 9.53 Å². The van der Waals surface area contributed by atoms with Gasteiger partial charge in [-0.25, -0.2) is 0 Å². The van der Waals surface area contributed by atoms with E-state index in [-0.39, 0.29) is 12.6 Å². The quantitative estimate of drug-likeness (QED) is 0.834. The van der Waals surface area contributed by atoms with Crippen molar-refractivity contribution in [3.05, 3.63) is 65.7 Å². The predicted octanol–water partition coefficient (Wildman–Crippen LogP) is 3.02. The Labute approximate surface area is 113 Å². The second-order valence-electron chi connectivity index (χ2n) is 4.16. The normalized spacial score (nSPS) is 9.95. The molecule has 0 bridgehead atoms. The summed E-state index contributed by atoms with van der Waals surface area (Å²) < 4.78 is 5.47. The topological polar surface area (TPSA) is 38.3 Å². The third kappa shape index (κ3) is 3.85. The van der Waals surface area contributed by atoms with E-state index in [0.717, 1.165) is 12.2 Å². The molecular weight excluding hydrogens is 238 g/mol. The Kier molecular flexibility index (Phi) is 4.56. The zero-order valence-electron chi connectivity index (χ0n) is 10.9. The lowest BCUT2D eigenvalue weighted by molar-refractivity contribution is 0.0919. The molecule has 0 fully saturated rings. The van der Waals surface area contributed by atoms with Crippen molar-refractivity contribution in [1.29, 1.82) is 0 Å². The second kappa shape index (κ2) is 6.59. The molecule has 0 atom stereocenters. The lowest BCUT2D eigenvalue weighted by atomic mass is 10.2. The summed E-state index contributed by atoms with van der Waals surface area (Å²) in [5, 5.41) is 2.71. The van der Waals surface area contributed by atoms with Crippen molar-refractivity contribution >= 4 is 5.91 Å². The van der Waals surface area contributed by atoms with E-state index in [1.165, 1.54) is 5.56 Å². The first kappa shape index (κ1) is 13.1. The Morgan fingerprint density at radius 2 is 1.74 bits per heavy atom. The first-order chi connectivity index (χ1) is 9.29. The van der Waals surface area contributed by atoms with Crippen LogP contribution < -0.4 is 10.1 Å². The molecule has 1 amide bonds. The monoisotopic (exact) mass is 255 g/mol. The zero-order chi connectivity index (χ0) is 13.5. The van der Waals surface area contributed by atoms with Gasteiger partial charge in [0, 0.05) is 5.56 Å². The molecule has 0 aliphatic rings. The number of carbonyl (C=O) groups is 1. The fraction of sp³-hybridized carbons (Fsp3) is 0.188. The first-order valence-electron chi connectivity index (χ1n) is 6.34. The minimum atomic E-state index is -0.134. The van der Waals surface area contributed by atoms with Crippen molar-refractivity contribution in [3.8, 4) is 5.75 Å². The molecule has 0 heterocycles. The van der Waals surface area contributed by atoms with Gasteiger partial charge in [-0.15, -0.1) is 0 Å². The highest BCUT2D eigenvalue weighted by Crippen LogP contribution is 2.11. The number of rotatable bonds is 5. The highest BCUT2D eigenvalue weighted by Gasteiger charge is 2.03. The highest BCUT2D eigenvalue weighted by atomic mass is 16.5. The molecule has 0 saturated carbocycles. The van der Waals surface area contributed by atoms with Crippen LogP contribution in [0, 0.1) is 0 Å². The molecule has 2 rings (SSSR count). The Morgan fingerprint density at radius 1 is 1.05 bits per heavy atom.